The number of fused-ring (bicyclic) bond motifs is 3. The van der Waals surface area contributed by atoms with Crippen LogP contribution in [0.2, 0.25) is 0 Å². The molecular formula is C27H28N4O4. The second-order valence-electron chi connectivity index (χ2n) is 8.85. The maximum atomic E-state index is 13.3. The highest BCUT2D eigenvalue weighted by Gasteiger charge is 2.30. The van der Waals surface area contributed by atoms with E-state index in [-0.39, 0.29) is 5.91 Å². The molecule has 0 atom stereocenters. The van der Waals surface area contributed by atoms with E-state index in [9.17, 15) is 14.7 Å². The fourth-order valence-electron chi connectivity index (χ4n) is 5.01. The van der Waals surface area contributed by atoms with Crippen molar-refractivity contribution in [3.8, 4) is 5.75 Å². The van der Waals surface area contributed by atoms with E-state index in [1.165, 1.54) is 0 Å². The molecule has 0 bridgehead atoms. The van der Waals surface area contributed by atoms with Crippen LogP contribution in [0.3, 0.4) is 0 Å². The molecule has 5 rings (SSSR count). The highest BCUT2D eigenvalue weighted by Crippen LogP contribution is 2.37. The number of aromatic carboxylic acids is 1. The number of rotatable bonds is 6. The quantitative estimate of drug-likeness (QED) is 0.567. The molecule has 8 nitrogen and oxygen atoms in total. The van der Waals surface area contributed by atoms with Gasteiger partial charge in [0, 0.05) is 32.4 Å². The molecule has 2 aromatic heterocycles. The molecule has 0 unspecified atom stereocenters. The largest absolute Gasteiger partial charge is 0.493 e. The standard InChI is InChI=1S/C27H28N4O4/c1-3-31-24-21(26(32)30(2)22-9-6-13-28-25(22)31)15-17(16-29-24)12-14-35-23-11-10-20(27(33)34)18-7-4-5-8-19(18)23/h6,9-11,13,15-16H,3-5,7-8,12,14H2,1-2H3,(H,33,34). The summed E-state index contributed by atoms with van der Waals surface area (Å²) < 4.78 is 6.12. The van der Waals surface area contributed by atoms with Gasteiger partial charge in [0.2, 0.25) is 0 Å². The van der Waals surface area contributed by atoms with E-state index in [2.05, 4.69) is 9.97 Å². The van der Waals surface area contributed by atoms with Crippen molar-refractivity contribution in [2.75, 3.05) is 30.0 Å². The minimum absolute atomic E-state index is 0.126. The summed E-state index contributed by atoms with van der Waals surface area (Å²) in [6.07, 6.45) is 7.70. The minimum atomic E-state index is -0.890. The average Bonchev–Trinajstić information content (AvgIpc) is 2.97. The summed E-state index contributed by atoms with van der Waals surface area (Å²) in [4.78, 5) is 37.7. The number of carbonyl (C=O) groups is 2. The summed E-state index contributed by atoms with van der Waals surface area (Å²) in [5.41, 5.74) is 4.47. The first-order valence-electron chi connectivity index (χ1n) is 12.0. The predicted molar refractivity (Wildman–Crippen MR) is 133 cm³/mol. The third-order valence-corrected chi connectivity index (χ3v) is 6.78. The SMILES string of the molecule is CCN1c2ncc(CCOc3ccc(C(=O)O)c4c3CCCC4)cc2C(=O)N(C)c2cccnc21. The lowest BCUT2D eigenvalue weighted by Crippen LogP contribution is -2.25. The van der Waals surface area contributed by atoms with Gasteiger partial charge in [-0.3, -0.25) is 4.79 Å². The molecule has 180 valence electrons. The fourth-order valence-corrected chi connectivity index (χ4v) is 5.01. The van der Waals surface area contributed by atoms with Crippen LogP contribution in [0.4, 0.5) is 17.3 Å². The third-order valence-electron chi connectivity index (χ3n) is 6.78. The number of hydrogen-bond acceptors (Lipinski definition) is 6. The number of nitrogens with zero attached hydrogens (tertiary/aromatic N) is 4. The smallest absolute Gasteiger partial charge is 0.335 e. The molecule has 1 aliphatic heterocycles. The Morgan fingerprint density at radius 2 is 1.91 bits per heavy atom. The first-order valence-corrected chi connectivity index (χ1v) is 12.0. The molecule has 0 fully saturated rings. The summed E-state index contributed by atoms with van der Waals surface area (Å²) in [6.45, 7) is 3.05. The Morgan fingerprint density at radius 3 is 2.69 bits per heavy atom. The van der Waals surface area contributed by atoms with Gasteiger partial charge in [-0.15, -0.1) is 0 Å². The Hall–Kier alpha value is -3.94. The van der Waals surface area contributed by atoms with Crippen LogP contribution in [0.15, 0.2) is 42.7 Å². The first kappa shape index (κ1) is 22.8. The lowest BCUT2D eigenvalue weighted by molar-refractivity contribution is 0.0695. The molecule has 0 radical (unpaired) electrons. The van der Waals surface area contributed by atoms with E-state index in [4.69, 9.17) is 4.74 Å². The maximum Gasteiger partial charge on any atom is 0.335 e. The molecule has 0 saturated heterocycles. The molecule has 1 aliphatic carbocycles. The van der Waals surface area contributed by atoms with Crippen molar-refractivity contribution in [3.05, 3.63) is 70.5 Å². The normalized spacial score (nSPS) is 14.6. The molecule has 2 aliphatic rings. The van der Waals surface area contributed by atoms with Crippen LogP contribution in [-0.2, 0) is 19.3 Å². The molecular weight excluding hydrogens is 444 g/mol. The summed E-state index contributed by atoms with van der Waals surface area (Å²) in [5, 5.41) is 9.52. The van der Waals surface area contributed by atoms with Crippen molar-refractivity contribution in [1.82, 2.24) is 9.97 Å². The van der Waals surface area contributed by atoms with Crippen molar-refractivity contribution in [1.29, 1.82) is 0 Å². The lowest BCUT2D eigenvalue weighted by atomic mass is 9.87. The van der Waals surface area contributed by atoms with Gasteiger partial charge in [-0.2, -0.15) is 0 Å². The summed E-state index contributed by atoms with van der Waals surface area (Å²) in [5.74, 6) is 1.05. The van der Waals surface area contributed by atoms with Crippen molar-refractivity contribution in [2.45, 2.75) is 39.0 Å². The number of carboxylic acid groups (broad SMARTS) is 1. The number of ether oxygens (including phenoxy) is 1. The van der Waals surface area contributed by atoms with Crippen molar-refractivity contribution in [3.63, 3.8) is 0 Å². The molecule has 35 heavy (non-hydrogen) atoms. The molecule has 8 heteroatoms. The zero-order valence-corrected chi connectivity index (χ0v) is 20.0. The summed E-state index contributed by atoms with van der Waals surface area (Å²) in [7, 11) is 1.76. The maximum absolute atomic E-state index is 13.3. The molecule has 1 N–H and O–H groups in total. The van der Waals surface area contributed by atoms with Gasteiger partial charge in [-0.25, -0.2) is 14.8 Å². The van der Waals surface area contributed by atoms with Gasteiger partial charge in [0.25, 0.3) is 5.91 Å². The van der Waals surface area contributed by atoms with Crippen LogP contribution >= 0.6 is 0 Å². The second-order valence-corrected chi connectivity index (χ2v) is 8.85. The monoisotopic (exact) mass is 472 g/mol. The Kier molecular flexibility index (Phi) is 6.11. The van der Waals surface area contributed by atoms with E-state index in [0.29, 0.717) is 42.3 Å². The van der Waals surface area contributed by atoms with Gasteiger partial charge in [0.1, 0.15) is 11.6 Å². The third kappa shape index (κ3) is 4.09. The molecule has 3 aromatic rings. The molecule has 0 saturated carbocycles. The molecule has 1 amide bonds. The fraction of sp³-hybridized carbons (Fsp3) is 0.333. The van der Waals surface area contributed by atoms with E-state index >= 15 is 0 Å². The Balaban J connectivity index is 1.38. The number of aromatic nitrogens is 2. The summed E-state index contributed by atoms with van der Waals surface area (Å²) in [6, 6.07) is 9.02. The number of amides is 1. The van der Waals surface area contributed by atoms with Crippen LogP contribution in [0.25, 0.3) is 0 Å². The van der Waals surface area contributed by atoms with E-state index in [1.807, 2.05) is 30.0 Å². The number of carbonyl (C=O) groups excluding carboxylic acids is 1. The van der Waals surface area contributed by atoms with Gasteiger partial charge >= 0.3 is 5.97 Å². The Morgan fingerprint density at radius 1 is 1.11 bits per heavy atom. The minimum Gasteiger partial charge on any atom is -0.493 e. The number of carboxylic acids is 1. The Bertz CT molecular complexity index is 1310. The van der Waals surface area contributed by atoms with Gasteiger partial charge < -0.3 is 19.6 Å². The number of pyridine rings is 2. The predicted octanol–water partition coefficient (Wildman–Crippen LogP) is 4.42. The lowest BCUT2D eigenvalue weighted by Gasteiger charge is -2.22. The Labute approximate surface area is 204 Å². The van der Waals surface area contributed by atoms with Crippen LogP contribution in [0.5, 0.6) is 5.75 Å². The molecule has 0 spiro atoms. The van der Waals surface area contributed by atoms with Gasteiger partial charge in [-0.1, -0.05) is 0 Å². The van der Waals surface area contributed by atoms with E-state index < -0.39 is 5.97 Å². The summed E-state index contributed by atoms with van der Waals surface area (Å²) >= 11 is 0. The highest BCUT2D eigenvalue weighted by atomic mass is 16.5. The zero-order chi connectivity index (χ0) is 24.5. The molecule has 3 heterocycles. The zero-order valence-electron chi connectivity index (χ0n) is 20.0. The number of hydrogen-bond donors (Lipinski definition) is 1. The number of benzene rings is 1. The van der Waals surface area contributed by atoms with Crippen LogP contribution < -0.4 is 14.5 Å². The van der Waals surface area contributed by atoms with Gasteiger partial charge in [0.15, 0.2) is 5.82 Å². The van der Waals surface area contributed by atoms with Crippen molar-refractivity contribution >= 4 is 29.2 Å². The van der Waals surface area contributed by atoms with Crippen molar-refractivity contribution in [2.24, 2.45) is 0 Å². The van der Waals surface area contributed by atoms with E-state index in [0.717, 1.165) is 53.8 Å². The highest BCUT2D eigenvalue weighted by molar-refractivity contribution is 6.12. The second kappa shape index (κ2) is 9.37. The number of anilines is 3. The van der Waals surface area contributed by atoms with Crippen LogP contribution in [0, 0.1) is 0 Å². The first-order chi connectivity index (χ1) is 17.0. The van der Waals surface area contributed by atoms with Crippen LogP contribution in [-0.4, -0.2) is 47.2 Å². The van der Waals surface area contributed by atoms with Gasteiger partial charge in [0.05, 0.1) is 23.4 Å². The van der Waals surface area contributed by atoms with E-state index in [1.54, 1.807) is 36.5 Å². The van der Waals surface area contributed by atoms with Crippen molar-refractivity contribution < 1.29 is 19.4 Å². The van der Waals surface area contributed by atoms with Crippen LogP contribution in [0.1, 0.15) is 57.2 Å². The topological polar surface area (TPSA) is 95.9 Å². The molecule has 1 aromatic carbocycles. The average molecular weight is 473 g/mol. The van der Waals surface area contributed by atoms with Gasteiger partial charge in [-0.05, 0) is 79.6 Å².